The van der Waals surface area contributed by atoms with Crippen LogP contribution in [-0.4, -0.2) is 120 Å². The molecule has 0 radical (unpaired) electrons. The molecule has 2 aromatic heterocycles. The summed E-state index contributed by atoms with van der Waals surface area (Å²) in [5.74, 6) is -0.830. The lowest BCUT2D eigenvalue weighted by molar-refractivity contribution is -0.142. The van der Waals surface area contributed by atoms with Crippen molar-refractivity contribution in [2.45, 2.75) is 124 Å². The van der Waals surface area contributed by atoms with Crippen molar-refractivity contribution in [1.82, 2.24) is 24.9 Å². The van der Waals surface area contributed by atoms with E-state index in [4.69, 9.17) is 28.5 Å². The van der Waals surface area contributed by atoms with Gasteiger partial charge >= 0.3 is 19.2 Å². The van der Waals surface area contributed by atoms with Crippen LogP contribution in [0.1, 0.15) is 98.1 Å². The number of carboxylic acids is 1. The molecule has 4 aromatic rings. The van der Waals surface area contributed by atoms with E-state index in [1.54, 1.807) is 12.0 Å². The van der Waals surface area contributed by atoms with Gasteiger partial charge in [-0.2, -0.15) is 0 Å². The molecule has 2 atom stereocenters. The molecule has 0 bridgehead atoms. The standard InChI is InChI=1S/C49H69BN6O8.2ClH/c1-33(2)61-26-25-56-42-19-18-36(50-63-48(6,7)49(8,9)64-50)27-38(42)40(29-47(4,5)32-55-20-14-17-41(52-55)45(57)58)44(56)39-28-37(30-51-43(39)34(3)60-10)53-21-23-54(24-22-53)46(59)62-31-35-15-12-11-13-16-35;;/h11-13,15-16,18-19,27-28,30,33-34,41,52H,14,17,20-26,29,31-32H2,1-10H3,(H,57,58);2*1H/t34-,41-;;/m0../s1. The lowest BCUT2D eigenvalue weighted by atomic mass is 9.77. The van der Waals surface area contributed by atoms with Gasteiger partial charge in [0.15, 0.2) is 0 Å². The number of fused-ring (bicyclic) bond motifs is 1. The summed E-state index contributed by atoms with van der Waals surface area (Å²) in [6, 6.07) is 17.9. The van der Waals surface area contributed by atoms with Crippen molar-refractivity contribution in [1.29, 1.82) is 0 Å². The van der Waals surface area contributed by atoms with Crippen molar-refractivity contribution in [3.63, 3.8) is 0 Å². The number of anilines is 1. The maximum Gasteiger partial charge on any atom is 0.494 e. The number of hydrogen-bond donors (Lipinski definition) is 2. The molecule has 2 N–H and O–H groups in total. The van der Waals surface area contributed by atoms with E-state index in [0.29, 0.717) is 58.7 Å². The van der Waals surface area contributed by atoms with Gasteiger partial charge in [-0.15, -0.1) is 24.8 Å². The fraction of sp³-hybridized carbons (Fsp3) is 0.571. The molecule has 3 aliphatic rings. The summed E-state index contributed by atoms with van der Waals surface area (Å²) in [6.45, 7) is 23.9. The first-order valence-corrected chi connectivity index (χ1v) is 23.0. The Hall–Kier alpha value is -3.93. The molecule has 66 heavy (non-hydrogen) atoms. The summed E-state index contributed by atoms with van der Waals surface area (Å²) < 4.78 is 33.6. The largest absolute Gasteiger partial charge is 0.494 e. The minimum atomic E-state index is -0.830. The Kier molecular flexibility index (Phi) is 17.7. The number of pyridine rings is 1. The molecule has 0 saturated carbocycles. The van der Waals surface area contributed by atoms with Gasteiger partial charge in [-0.3, -0.25) is 9.78 Å². The van der Waals surface area contributed by atoms with Crippen molar-refractivity contribution in [2.75, 3.05) is 57.9 Å². The smallest absolute Gasteiger partial charge is 0.480 e. The highest BCUT2D eigenvalue weighted by Gasteiger charge is 2.52. The molecule has 3 fully saturated rings. The lowest BCUT2D eigenvalue weighted by Gasteiger charge is -2.38. The molecule has 3 aliphatic heterocycles. The second kappa shape index (κ2) is 22.0. The van der Waals surface area contributed by atoms with E-state index < -0.39 is 30.3 Å². The molecular formula is C49H71BCl2N6O8. The van der Waals surface area contributed by atoms with Crippen molar-refractivity contribution in [3.05, 3.63) is 77.6 Å². The number of carbonyl (C=O) groups excluding carboxylic acids is 1. The van der Waals surface area contributed by atoms with E-state index in [1.165, 1.54) is 0 Å². The fourth-order valence-electron chi connectivity index (χ4n) is 9.08. The second-order valence-electron chi connectivity index (χ2n) is 19.7. The monoisotopic (exact) mass is 952 g/mol. The molecule has 17 heteroatoms. The highest BCUT2D eigenvalue weighted by atomic mass is 35.5. The molecule has 362 valence electrons. The summed E-state index contributed by atoms with van der Waals surface area (Å²) in [6.07, 6.45) is 3.39. The molecule has 5 heterocycles. The van der Waals surface area contributed by atoms with Gasteiger partial charge in [0, 0.05) is 69.4 Å². The Morgan fingerprint density at radius 2 is 1.65 bits per heavy atom. The van der Waals surface area contributed by atoms with E-state index in [2.05, 4.69) is 99.6 Å². The van der Waals surface area contributed by atoms with E-state index in [-0.39, 0.29) is 55.1 Å². The molecule has 0 unspecified atom stereocenters. The first-order valence-electron chi connectivity index (χ1n) is 23.0. The minimum Gasteiger partial charge on any atom is -0.480 e. The van der Waals surface area contributed by atoms with Gasteiger partial charge in [0.1, 0.15) is 12.6 Å². The third kappa shape index (κ3) is 12.0. The highest BCUT2D eigenvalue weighted by Crippen LogP contribution is 2.43. The van der Waals surface area contributed by atoms with Gasteiger partial charge in [-0.25, -0.2) is 15.2 Å². The van der Waals surface area contributed by atoms with Gasteiger partial charge in [0.05, 0.1) is 53.3 Å². The summed E-state index contributed by atoms with van der Waals surface area (Å²) in [7, 11) is 1.16. The first-order chi connectivity index (χ1) is 30.4. The zero-order valence-corrected chi connectivity index (χ0v) is 42.1. The molecule has 2 aromatic carbocycles. The van der Waals surface area contributed by atoms with Crippen LogP contribution in [0.5, 0.6) is 0 Å². The number of nitrogens with zero attached hydrogens (tertiary/aromatic N) is 5. The van der Waals surface area contributed by atoms with Crippen LogP contribution in [0.4, 0.5) is 10.5 Å². The van der Waals surface area contributed by atoms with Gasteiger partial charge in [0.2, 0.25) is 0 Å². The van der Waals surface area contributed by atoms with Crippen LogP contribution in [-0.2, 0) is 47.9 Å². The van der Waals surface area contributed by atoms with E-state index in [0.717, 1.165) is 63.1 Å². The van der Waals surface area contributed by atoms with E-state index in [1.807, 2.05) is 43.5 Å². The van der Waals surface area contributed by atoms with Crippen LogP contribution in [0.3, 0.4) is 0 Å². The highest BCUT2D eigenvalue weighted by molar-refractivity contribution is 6.62. The van der Waals surface area contributed by atoms with E-state index >= 15 is 0 Å². The molecule has 1 amide bonds. The number of amides is 1. The maximum absolute atomic E-state index is 13.1. The third-order valence-electron chi connectivity index (χ3n) is 13.3. The van der Waals surface area contributed by atoms with Crippen LogP contribution in [0.2, 0.25) is 0 Å². The zero-order valence-electron chi connectivity index (χ0n) is 40.4. The number of carbonyl (C=O) groups is 2. The van der Waals surface area contributed by atoms with Crippen LogP contribution in [0.15, 0.2) is 60.8 Å². The Morgan fingerprint density at radius 3 is 2.29 bits per heavy atom. The number of halogens is 2. The molecule has 3 saturated heterocycles. The summed E-state index contributed by atoms with van der Waals surface area (Å²) in [5.41, 5.74) is 9.81. The molecule has 0 aliphatic carbocycles. The number of nitrogens with one attached hydrogen (secondary N) is 1. The van der Waals surface area contributed by atoms with Crippen LogP contribution >= 0.6 is 24.8 Å². The Morgan fingerprint density at radius 1 is 0.970 bits per heavy atom. The van der Waals surface area contributed by atoms with Gasteiger partial charge in [-0.1, -0.05) is 56.3 Å². The van der Waals surface area contributed by atoms with Crippen molar-refractivity contribution >= 4 is 66.0 Å². The number of piperazine rings is 1. The molecule has 14 nitrogen and oxygen atoms in total. The number of aromatic nitrogens is 2. The second-order valence-corrected chi connectivity index (χ2v) is 19.7. The SMILES string of the molecule is CO[C@@H](C)c1ncc(N2CCN(C(=O)OCc3ccccc3)CC2)cc1-c1c(CC(C)(C)CN2CCC[C@@H](C(=O)O)N2)c2cc(B3OC(C)(C)C(C)(C)O3)ccc2n1CCOC(C)C.Cl.Cl. The average molecular weight is 954 g/mol. The normalized spacial score (nSPS) is 19.1. The number of methoxy groups -OCH3 is 1. The maximum atomic E-state index is 13.1. The van der Waals surface area contributed by atoms with Gasteiger partial charge < -0.3 is 43.0 Å². The van der Waals surface area contributed by atoms with Crippen LogP contribution in [0, 0.1) is 5.41 Å². The number of carboxylic acid groups (broad SMARTS) is 1. The number of aliphatic carboxylic acids is 1. The first kappa shape index (κ1) is 53.0. The topological polar surface area (TPSA) is 140 Å². The predicted octanol–water partition coefficient (Wildman–Crippen LogP) is 8.06. The quantitative estimate of drug-likeness (QED) is 0.105. The predicted molar refractivity (Wildman–Crippen MR) is 265 cm³/mol. The third-order valence-corrected chi connectivity index (χ3v) is 13.3. The van der Waals surface area contributed by atoms with E-state index in [9.17, 15) is 14.7 Å². The Bertz CT molecular complexity index is 2250. The van der Waals surface area contributed by atoms with Crippen molar-refractivity contribution in [2.24, 2.45) is 5.41 Å². The molecule has 7 rings (SSSR count). The molecule has 0 spiro atoms. The zero-order chi connectivity index (χ0) is 46.0. The summed E-state index contributed by atoms with van der Waals surface area (Å²) >= 11 is 0. The lowest BCUT2D eigenvalue weighted by Crippen LogP contribution is -2.55. The van der Waals surface area contributed by atoms with Gasteiger partial charge in [0.25, 0.3) is 0 Å². The van der Waals surface area contributed by atoms with Gasteiger partial charge in [-0.05, 0) is 102 Å². The van der Waals surface area contributed by atoms with Crippen LogP contribution in [0.25, 0.3) is 22.2 Å². The summed E-state index contributed by atoms with van der Waals surface area (Å²) in [4.78, 5) is 34.5. The fourth-order valence-corrected chi connectivity index (χ4v) is 9.08. The Labute approximate surface area is 403 Å². The number of ether oxygens (including phenoxy) is 3. The number of rotatable bonds is 16. The minimum absolute atomic E-state index is 0. The molecular weight excluding hydrogens is 882 g/mol. The van der Waals surface area contributed by atoms with Crippen LogP contribution < -0.4 is 15.8 Å². The number of hydrogen-bond acceptors (Lipinski definition) is 11. The summed E-state index contributed by atoms with van der Waals surface area (Å²) in [5, 5.41) is 13.1. The van der Waals surface area contributed by atoms with Crippen molar-refractivity contribution in [3.8, 4) is 11.3 Å². The van der Waals surface area contributed by atoms with Crippen molar-refractivity contribution < 1.29 is 38.2 Å². The number of hydrazine groups is 1. The number of benzene rings is 2. The average Bonchev–Trinajstić information content (AvgIpc) is 3.68. The Balaban J connectivity index is 0.00000408.